The van der Waals surface area contributed by atoms with Crippen molar-refractivity contribution in [2.75, 3.05) is 4.90 Å². The summed E-state index contributed by atoms with van der Waals surface area (Å²) in [6, 6.07) is 17.2. The van der Waals surface area contributed by atoms with Crippen molar-refractivity contribution in [3.05, 3.63) is 66.2 Å². The van der Waals surface area contributed by atoms with E-state index in [2.05, 4.69) is 5.43 Å². The van der Waals surface area contributed by atoms with Gasteiger partial charge in [-0.1, -0.05) is 36.4 Å². The number of nitrogens with one attached hydrogen (secondary N) is 2. The van der Waals surface area contributed by atoms with Gasteiger partial charge >= 0.3 is 6.03 Å². The molecule has 3 amide bonds. The average molecular weight is 322 g/mol. The lowest BCUT2D eigenvalue weighted by molar-refractivity contribution is 0.0773. The third kappa shape index (κ3) is 2.52. The number of benzene rings is 2. The van der Waals surface area contributed by atoms with Crippen LogP contribution in [0, 0.1) is 5.41 Å². The highest BCUT2D eigenvalue weighted by Gasteiger charge is 2.50. The number of anilines is 1. The van der Waals surface area contributed by atoms with Crippen LogP contribution < -0.4 is 10.3 Å². The number of urea groups is 1. The first-order valence-corrected chi connectivity index (χ1v) is 7.57. The maximum Gasteiger partial charge on any atom is 0.349 e. The van der Waals surface area contributed by atoms with Crippen LogP contribution in [0.15, 0.2) is 60.7 Å². The fraction of sp³-hybridized carbons (Fsp3) is 0.167. The second-order valence-electron chi connectivity index (χ2n) is 6.00. The molecule has 0 atom stereocenters. The van der Waals surface area contributed by atoms with Gasteiger partial charge in [-0.15, -0.1) is 0 Å². The van der Waals surface area contributed by atoms with Gasteiger partial charge in [-0.25, -0.2) is 14.7 Å². The van der Waals surface area contributed by atoms with Crippen LogP contribution in [-0.2, 0) is 0 Å². The lowest BCUT2D eigenvalue weighted by Crippen LogP contribution is -2.54. The molecule has 0 bridgehead atoms. The van der Waals surface area contributed by atoms with E-state index in [1.807, 2.05) is 12.1 Å². The van der Waals surface area contributed by atoms with Crippen LogP contribution in [0.5, 0.6) is 0 Å². The first kappa shape index (κ1) is 15.7. The summed E-state index contributed by atoms with van der Waals surface area (Å²) in [6.45, 7) is 3.45. The maximum atomic E-state index is 12.8. The van der Waals surface area contributed by atoms with Gasteiger partial charge in [-0.05, 0) is 38.1 Å². The quantitative estimate of drug-likeness (QED) is 0.911. The van der Waals surface area contributed by atoms with Gasteiger partial charge in [-0.3, -0.25) is 15.6 Å². The molecular weight excluding hydrogens is 304 g/mol. The molecule has 0 unspecified atom stereocenters. The Kier molecular flexibility index (Phi) is 3.81. The first-order chi connectivity index (χ1) is 11.4. The van der Waals surface area contributed by atoms with E-state index in [0.717, 1.165) is 0 Å². The molecule has 1 fully saturated rings. The zero-order chi connectivity index (χ0) is 17.3. The number of nitrogens with zero attached hydrogens (tertiary/aromatic N) is 2. The van der Waals surface area contributed by atoms with Crippen LogP contribution >= 0.6 is 0 Å². The van der Waals surface area contributed by atoms with Gasteiger partial charge in [0.05, 0.1) is 5.69 Å². The van der Waals surface area contributed by atoms with E-state index in [9.17, 15) is 9.59 Å². The Morgan fingerprint density at radius 1 is 1.00 bits per heavy atom. The summed E-state index contributed by atoms with van der Waals surface area (Å²) in [7, 11) is 0. The van der Waals surface area contributed by atoms with E-state index in [-0.39, 0.29) is 11.7 Å². The zero-order valence-corrected chi connectivity index (χ0v) is 13.5. The SMILES string of the molecule is CC1(C)C(=N)N(c2ccccc2)C(=O)N1NC(=O)c1ccccc1. The molecule has 0 radical (unpaired) electrons. The third-order valence-corrected chi connectivity index (χ3v) is 4.01. The Hall–Kier alpha value is -3.15. The molecule has 6 heteroatoms. The van der Waals surface area contributed by atoms with E-state index in [0.29, 0.717) is 11.3 Å². The molecule has 1 saturated heterocycles. The maximum absolute atomic E-state index is 12.8. The minimum atomic E-state index is -0.961. The second-order valence-corrected chi connectivity index (χ2v) is 6.00. The predicted octanol–water partition coefficient (Wildman–Crippen LogP) is 3.03. The summed E-state index contributed by atoms with van der Waals surface area (Å²) in [4.78, 5) is 26.5. The monoisotopic (exact) mass is 322 g/mol. The van der Waals surface area contributed by atoms with Crippen molar-refractivity contribution < 1.29 is 9.59 Å². The van der Waals surface area contributed by atoms with E-state index >= 15 is 0 Å². The third-order valence-electron chi connectivity index (χ3n) is 4.01. The highest BCUT2D eigenvalue weighted by molar-refractivity contribution is 6.24. The summed E-state index contributed by atoms with van der Waals surface area (Å²) in [5, 5.41) is 9.57. The molecule has 122 valence electrons. The Balaban J connectivity index is 1.90. The zero-order valence-electron chi connectivity index (χ0n) is 13.5. The number of hydrogen-bond donors (Lipinski definition) is 2. The van der Waals surface area contributed by atoms with Crippen molar-refractivity contribution in [3.63, 3.8) is 0 Å². The van der Waals surface area contributed by atoms with Gasteiger partial charge in [0.15, 0.2) is 0 Å². The highest BCUT2D eigenvalue weighted by atomic mass is 16.2. The standard InChI is InChI=1S/C18H18N4O2/c1-18(2)16(19)21(14-11-7-4-8-12-14)17(24)22(18)20-15(23)13-9-5-3-6-10-13/h3-12,19H,1-2H3,(H,20,23). The molecule has 0 aliphatic carbocycles. The molecule has 24 heavy (non-hydrogen) atoms. The molecule has 2 aromatic rings. The van der Waals surface area contributed by atoms with E-state index in [4.69, 9.17) is 5.41 Å². The van der Waals surface area contributed by atoms with Crippen molar-refractivity contribution >= 4 is 23.5 Å². The first-order valence-electron chi connectivity index (χ1n) is 7.57. The van der Waals surface area contributed by atoms with E-state index in [1.165, 1.54) is 9.91 Å². The van der Waals surface area contributed by atoms with Crippen LogP contribution in [0.3, 0.4) is 0 Å². The molecule has 0 spiro atoms. The van der Waals surface area contributed by atoms with Gasteiger partial charge in [0, 0.05) is 5.56 Å². The summed E-state index contributed by atoms with van der Waals surface area (Å²) >= 11 is 0. The topological polar surface area (TPSA) is 76.5 Å². The van der Waals surface area contributed by atoms with Gasteiger partial charge in [0.25, 0.3) is 5.91 Å². The van der Waals surface area contributed by atoms with E-state index in [1.54, 1.807) is 62.4 Å². The van der Waals surface area contributed by atoms with Gasteiger partial charge in [-0.2, -0.15) is 0 Å². The largest absolute Gasteiger partial charge is 0.349 e. The molecule has 1 heterocycles. The normalized spacial score (nSPS) is 16.4. The number of carbonyl (C=O) groups is 2. The molecule has 0 aromatic heterocycles. The molecule has 1 aliphatic rings. The Morgan fingerprint density at radius 2 is 1.54 bits per heavy atom. The van der Waals surface area contributed by atoms with Crippen LogP contribution in [0.4, 0.5) is 10.5 Å². The highest BCUT2D eigenvalue weighted by Crippen LogP contribution is 2.30. The Labute approximate surface area is 140 Å². The molecule has 1 aliphatic heterocycles. The Morgan fingerprint density at radius 3 is 2.12 bits per heavy atom. The number of carbonyl (C=O) groups excluding carboxylic acids is 2. The molecule has 2 aromatic carbocycles. The van der Waals surface area contributed by atoms with Crippen molar-refractivity contribution in [2.45, 2.75) is 19.4 Å². The summed E-state index contributed by atoms with van der Waals surface area (Å²) in [6.07, 6.45) is 0. The summed E-state index contributed by atoms with van der Waals surface area (Å²) in [5.74, 6) is -0.285. The second kappa shape index (κ2) is 5.81. The number of hydrogen-bond acceptors (Lipinski definition) is 3. The van der Waals surface area contributed by atoms with Crippen LogP contribution in [0.1, 0.15) is 24.2 Å². The van der Waals surface area contributed by atoms with Crippen LogP contribution in [0.2, 0.25) is 0 Å². The fourth-order valence-electron chi connectivity index (χ4n) is 2.57. The minimum Gasteiger partial charge on any atom is -0.286 e. The van der Waals surface area contributed by atoms with E-state index < -0.39 is 11.6 Å². The van der Waals surface area contributed by atoms with Gasteiger partial charge in [0.1, 0.15) is 11.4 Å². The molecule has 3 rings (SSSR count). The summed E-state index contributed by atoms with van der Waals surface area (Å²) < 4.78 is 0. The minimum absolute atomic E-state index is 0.104. The lowest BCUT2D eigenvalue weighted by Gasteiger charge is -2.28. The molecule has 0 saturated carbocycles. The van der Waals surface area contributed by atoms with Crippen LogP contribution in [0.25, 0.3) is 0 Å². The van der Waals surface area contributed by atoms with Crippen molar-refractivity contribution in [2.24, 2.45) is 0 Å². The van der Waals surface area contributed by atoms with Gasteiger partial charge < -0.3 is 0 Å². The fourth-order valence-corrected chi connectivity index (χ4v) is 2.57. The van der Waals surface area contributed by atoms with Crippen molar-refractivity contribution in [1.29, 1.82) is 5.41 Å². The van der Waals surface area contributed by atoms with Crippen LogP contribution in [-0.4, -0.2) is 28.3 Å². The number of hydrazine groups is 1. The average Bonchev–Trinajstić information content (AvgIpc) is 2.76. The number of para-hydroxylation sites is 1. The molecule has 2 N–H and O–H groups in total. The van der Waals surface area contributed by atoms with Crippen molar-refractivity contribution in [3.8, 4) is 0 Å². The predicted molar refractivity (Wildman–Crippen MR) is 91.9 cm³/mol. The molecule has 6 nitrogen and oxygen atoms in total. The number of rotatable bonds is 3. The number of amidine groups is 1. The number of amides is 3. The molecular formula is C18H18N4O2. The van der Waals surface area contributed by atoms with Gasteiger partial charge in [0.2, 0.25) is 0 Å². The summed E-state index contributed by atoms with van der Waals surface area (Å²) in [5.41, 5.74) is 2.71. The smallest absolute Gasteiger partial charge is 0.286 e. The Bertz CT molecular complexity index is 787. The van der Waals surface area contributed by atoms with Crippen molar-refractivity contribution in [1.82, 2.24) is 10.4 Å². The lowest BCUT2D eigenvalue weighted by atomic mass is 10.0.